The van der Waals surface area contributed by atoms with Crippen molar-refractivity contribution in [2.24, 2.45) is 0 Å². The zero-order valence-corrected chi connectivity index (χ0v) is 19.2. The molecule has 1 aromatic heterocycles. The van der Waals surface area contributed by atoms with Gasteiger partial charge in [-0.1, -0.05) is 17.7 Å². The molecular formula is C21H22ClF3N4O3S. The molecule has 0 aliphatic carbocycles. The highest BCUT2D eigenvalue weighted by molar-refractivity contribution is 7.88. The van der Waals surface area contributed by atoms with Crippen molar-refractivity contribution < 1.29 is 26.4 Å². The molecule has 7 nitrogen and oxygen atoms in total. The highest BCUT2D eigenvalue weighted by Crippen LogP contribution is 2.30. The van der Waals surface area contributed by atoms with E-state index in [1.807, 2.05) is 11.0 Å². The first kappa shape index (κ1) is 25.2. The highest BCUT2D eigenvalue weighted by atomic mass is 35.5. The molecule has 178 valence electrons. The van der Waals surface area contributed by atoms with Crippen molar-refractivity contribution in [1.82, 2.24) is 14.6 Å². The second kappa shape index (κ2) is 10.2. The Labute approximate surface area is 194 Å². The fraction of sp³-hybridized carbons (Fsp3) is 0.333. The van der Waals surface area contributed by atoms with Crippen LogP contribution in [-0.2, 0) is 27.5 Å². The number of rotatable bonds is 7. The van der Waals surface area contributed by atoms with E-state index in [0.29, 0.717) is 41.5 Å². The van der Waals surface area contributed by atoms with E-state index in [9.17, 15) is 26.4 Å². The Morgan fingerprint density at radius 2 is 1.94 bits per heavy atom. The topological polar surface area (TPSA) is 91.4 Å². The minimum Gasteiger partial charge on any atom is -0.325 e. The lowest BCUT2D eigenvalue weighted by Crippen LogP contribution is -2.36. The van der Waals surface area contributed by atoms with E-state index < -0.39 is 21.8 Å². The van der Waals surface area contributed by atoms with Gasteiger partial charge in [0.2, 0.25) is 15.9 Å². The Hall–Kier alpha value is -2.47. The summed E-state index contributed by atoms with van der Waals surface area (Å²) in [5, 5.41) is 3.00. The number of aromatic nitrogens is 1. The van der Waals surface area contributed by atoms with Gasteiger partial charge < -0.3 is 5.32 Å². The van der Waals surface area contributed by atoms with Crippen molar-refractivity contribution >= 4 is 38.8 Å². The molecular weight excluding hydrogens is 481 g/mol. The zero-order valence-electron chi connectivity index (χ0n) is 17.6. The van der Waals surface area contributed by atoms with Crippen LogP contribution < -0.4 is 10.0 Å². The van der Waals surface area contributed by atoms with Gasteiger partial charge in [-0.3, -0.25) is 14.7 Å². The third kappa shape index (κ3) is 7.53. The van der Waals surface area contributed by atoms with E-state index >= 15 is 0 Å². The second-order valence-corrected chi connectivity index (χ2v) is 9.85. The van der Waals surface area contributed by atoms with Crippen molar-refractivity contribution in [2.45, 2.75) is 19.1 Å². The number of carbonyl (C=O) groups is 1. The van der Waals surface area contributed by atoms with Crippen LogP contribution in [0.1, 0.15) is 23.2 Å². The first-order valence-corrected chi connectivity index (χ1v) is 12.2. The summed E-state index contributed by atoms with van der Waals surface area (Å²) in [7, 11) is -3.33. The molecule has 2 N–H and O–H groups in total. The van der Waals surface area contributed by atoms with E-state index in [0.717, 1.165) is 24.0 Å². The van der Waals surface area contributed by atoms with Gasteiger partial charge in [0.05, 0.1) is 29.1 Å². The number of halogens is 4. The van der Waals surface area contributed by atoms with Crippen molar-refractivity contribution in [3.8, 4) is 0 Å². The predicted molar refractivity (Wildman–Crippen MR) is 120 cm³/mol. The minimum absolute atomic E-state index is 0.0854. The summed E-state index contributed by atoms with van der Waals surface area (Å²) in [5.74, 6) is -0.328. The van der Waals surface area contributed by atoms with Gasteiger partial charge in [0.15, 0.2) is 0 Å². The number of sulfonamides is 1. The van der Waals surface area contributed by atoms with Crippen LogP contribution in [-0.4, -0.2) is 50.1 Å². The lowest BCUT2D eigenvalue weighted by molar-refractivity contribution is -0.137. The van der Waals surface area contributed by atoms with Crippen molar-refractivity contribution in [1.29, 1.82) is 0 Å². The quantitative estimate of drug-likeness (QED) is 0.604. The number of nitrogens with one attached hydrogen (secondary N) is 2. The number of nitrogens with zero attached hydrogens (tertiary/aromatic N) is 2. The summed E-state index contributed by atoms with van der Waals surface area (Å²) in [6.45, 7) is 1.22. The molecule has 0 unspecified atom stereocenters. The Bertz CT molecular complexity index is 1150. The Morgan fingerprint density at radius 1 is 1.24 bits per heavy atom. The molecule has 12 heteroatoms. The number of carbonyl (C=O) groups excluding carboxylic acids is 1. The predicted octanol–water partition coefficient (Wildman–Crippen LogP) is 3.53. The van der Waals surface area contributed by atoms with Gasteiger partial charge in [-0.15, -0.1) is 0 Å². The zero-order chi connectivity index (χ0) is 24.2. The molecule has 0 fully saturated rings. The largest absolute Gasteiger partial charge is 0.416 e. The summed E-state index contributed by atoms with van der Waals surface area (Å²) in [6, 6.07) is 5.94. The van der Waals surface area contributed by atoms with Crippen molar-refractivity contribution in [3.63, 3.8) is 0 Å². The average molecular weight is 503 g/mol. The SMILES string of the molecule is CS(=O)(=O)NCc1cnc(C2=CCN(CC(=O)Nc3ccc(C(F)(F)F)cc3)CC2)c(Cl)c1. The van der Waals surface area contributed by atoms with Gasteiger partial charge in [0, 0.05) is 31.5 Å². The Kier molecular flexibility index (Phi) is 7.78. The van der Waals surface area contributed by atoms with Gasteiger partial charge in [0.1, 0.15) is 0 Å². The van der Waals surface area contributed by atoms with Crippen molar-refractivity contribution in [2.75, 3.05) is 31.2 Å². The van der Waals surface area contributed by atoms with Crippen LogP contribution in [0.25, 0.3) is 5.57 Å². The number of anilines is 1. The third-order valence-corrected chi connectivity index (χ3v) is 5.85. The fourth-order valence-electron chi connectivity index (χ4n) is 3.24. The maximum atomic E-state index is 12.6. The summed E-state index contributed by atoms with van der Waals surface area (Å²) < 4.78 is 62.7. The molecule has 33 heavy (non-hydrogen) atoms. The van der Waals surface area contributed by atoms with Crippen LogP contribution in [0.2, 0.25) is 5.02 Å². The molecule has 2 heterocycles. The molecule has 2 aromatic rings. The van der Waals surface area contributed by atoms with Gasteiger partial charge in [-0.25, -0.2) is 13.1 Å². The number of hydrogen-bond donors (Lipinski definition) is 2. The standard InChI is InChI=1S/C21H22ClF3N4O3S/c1-33(31,32)27-12-14-10-18(22)20(26-11-14)15-6-8-29(9-7-15)13-19(30)28-17-4-2-16(3-5-17)21(23,24)25/h2-6,10-11,27H,7-9,12-13H2,1H3,(H,28,30). The van der Waals surface area contributed by atoms with Crippen LogP contribution in [0.4, 0.5) is 18.9 Å². The van der Waals surface area contributed by atoms with Gasteiger partial charge in [-0.2, -0.15) is 13.2 Å². The first-order chi connectivity index (χ1) is 15.4. The third-order valence-electron chi connectivity index (χ3n) is 4.90. The summed E-state index contributed by atoms with van der Waals surface area (Å²) in [6.07, 6.45) is 0.715. The molecule has 1 amide bonds. The molecule has 0 spiro atoms. The van der Waals surface area contributed by atoms with E-state index in [2.05, 4.69) is 15.0 Å². The smallest absolute Gasteiger partial charge is 0.325 e. The molecule has 1 aliphatic rings. The molecule has 0 bridgehead atoms. The first-order valence-electron chi connectivity index (χ1n) is 9.88. The fourth-order valence-corrected chi connectivity index (χ4v) is 3.98. The minimum atomic E-state index is -4.43. The monoisotopic (exact) mass is 502 g/mol. The summed E-state index contributed by atoms with van der Waals surface area (Å²) >= 11 is 6.33. The molecule has 0 saturated carbocycles. The number of hydrogen-bond acceptors (Lipinski definition) is 5. The lowest BCUT2D eigenvalue weighted by atomic mass is 10.0. The highest BCUT2D eigenvalue weighted by Gasteiger charge is 2.30. The maximum Gasteiger partial charge on any atom is 0.416 e. The molecule has 0 radical (unpaired) electrons. The van der Waals surface area contributed by atoms with Gasteiger partial charge in [0.25, 0.3) is 0 Å². The number of amides is 1. The summed E-state index contributed by atoms with van der Waals surface area (Å²) in [4.78, 5) is 18.5. The molecule has 3 rings (SSSR count). The van der Waals surface area contributed by atoms with E-state index in [-0.39, 0.29) is 19.0 Å². The average Bonchev–Trinajstić information content (AvgIpc) is 2.72. The maximum absolute atomic E-state index is 12.6. The van der Waals surface area contributed by atoms with Crippen LogP contribution >= 0.6 is 11.6 Å². The number of benzene rings is 1. The Morgan fingerprint density at radius 3 is 2.48 bits per heavy atom. The number of pyridine rings is 1. The second-order valence-electron chi connectivity index (χ2n) is 7.61. The van der Waals surface area contributed by atoms with E-state index in [1.54, 1.807) is 12.3 Å². The van der Waals surface area contributed by atoms with E-state index in [4.69, 9.17) is 11.6 Å². The molecule has 0 saturated heterocycles. The Balaban J connectivity index is 1.54. The van der Waals surface area contributed by atoms with Crippen LogP contribution in [0, 0.1) is 0 Å². The van der Waals surface area contributed by atoms with E-state index in [1.165, 1.54) is 12.1 Å². The van der Waals surface area contributed by atoms with Gasteiger partial charge in [-0.05, 0) is 47.9 Å². The molecule has 1 aliphatic heterocycles. The van der Waals surface area contributed by atoms with Gasteiger partial charge >= 0.3 is 6.18 Å². The van der Waals surface area contributed by atoms with Crippen LogP contribution in [0.15, 0.2) is 42.6 Å². The van der Waals surface area contributed by atoms with Crippen molar-refractivity contribution in [3.05, 3.63) is 64.4 Å². The number of alkyl halides is 3. The molecule has 1 aromatic carbocycles. The molecule has 0 atom stereocenters. The lowest BCUT2D eigenvalue weighted by Gasteiger charge is -2.26. The summed E-state index contributed by atoms with van der Waals surface area (Å²) in [5.41, 5.74) is 1.67. The normalized spacial score (nSPS) is 15.2. The van der Waals surface area contributed by atoms with Crippen LogP contribution in [0.5, 0.6) is 0 Å². The van der Waals surface area contributed by atoms with Crippen LogP contribution in [0.3, 0.4) is 0 Å².